The monoisotopic (exact) mass is 313 g/mol. The summed E-state index contributed by atoms with van der Waals surface area (Å²) in [6.07, 6.45) is 5.68. The molecule has 0 amide bonds. The average molecular weight is 314 g/mol. The standard InChI is InChI=1S/C17H24ClN.ClH/c1-19(2)11-15-12-7-9-13(10-8-12)17(15)14-5-3-4-6-16(14)18;/h3-6,12-13,15,17H,7-11H2,1-2H3;1H/t12?,13?,15-,17-;/m1./s1. The normalized spacial score (nSPS) is 32.2. The van der Waals surface area contributed by atoms with Gasteiger partial charge in [-0.3, -0.25) is 0 Å². The topological polar surface area (TPSA) is 3.24 Å². The lowest BCUT2D eigenvalue weighted by atomic mass is 9.57. The molecule has 20 heavy (non-hydrogen) atoms. The molecule has 0 aromatic heterocycles. The fourth-order valence-electron chi connectivity index (χ4n) is 4.49. The van der Waals surface area contributed by atoms with E-state index in [1.807, 2.05) is 6.07 Å². The summed E-state index contributed by atoms with van der Waals surface area (Å²) in [4.78, 5) is 2.36. The molecule has 2 bridgehead atoms. The quantitative estimate of drug-likeness (QED) is 0.771. The lowest BCUT2D eigenvalue weighted by Gasteiger charge is -2.50. The van der Waals surface area contributed by atoms with Crippen molar-refractivity contribution in [3.63, 3.8) is 0 Å². The van der Waals surface area contributed by atoms with Crippen molar-refractivity contribution in [3.8, 4) is 0 Å². The number of rotatable bonds is 3. The highest BCUT2D eigenvalue weighted by Gasteiger charge is 2.44. The molecule has 0 aliphatic heterocycles. The molecule has 0 radical (unpaired) electrons. The predicted molar refractivity (Wildman–Crippen MR) is 88.9 cm³/mol. The lowest BCUT2D eigenvalue weighted by Crippen LogP contribution is -2.43. The Morgan fingerprint density at radius 2 is 1.65 bits per heavy atom. The number of nitrogens with zero attached hydrogens (tertiary/aromatic N) is 1. The first-order valence-electron chi connectivity index (χ1n) is 7.56. The second kappa shape index (κ2) is 6.68. The van der Waals surface area contributed by atoms with E-state index in [1.165, 1.54) is 37.8 Å². The van der Waals surface area contributed by atoms with Crippen molar-refractivity contribution < 1.29 is 0 Å². The number of hydrogen-bond acceptors (Lipinski definition) is 1. The van der Waals surface area contributed by atoms with Crippen LogP contribution in [-0.2, 0) is 0 Å². The zero-order chi connectivity index (χ0) is 13.4. The molecule has 1 nitrogen and oxygen atoms in total. The van der Waals surface area contributed by atoms with E-state index in [-0.39, 0.29) is 12.4 Å². The Morgan fingerprint density at radius 3 is 2.25 bits per heavy atom. The van der Waals surface area contributed by atoms with E-state index >= 15 is 0 Å². The van der Waals surface area contributed by atoms with Crippen LogP contribution in [0.2, 0.25) is 5.02 Å². The van der Waals surface area contributed by atoms with Crippen molar-refractivity contribution in [2.45, 2.75) is 31.6 Å². The van der Waals surface area contributed by atoms with Gasteiger partial charge in [0, 0.05) is 11.6 Å². The molecule has 1 aromatic carbocycles. The molecule has 0 N–H and O–H groups in total. The molecule has 3 saturated carbocycles. The summed E-state index contributed by atoms with van der Waals surface area (Å²) < 4.78 is 0. The van der Waals surface area contributed by atoms with Crippen LogP contribution in [0.25, 0.3) is 0 Å². The largest absolute Gasteiger partial charge is 0.309 e. The fourth-order valence-corrected chi connectivity index (χ4v) is 4.75. The molecule has 3 aliphatic rings. The molecule has 0 saturated heterocycles. The molecular formula is C17H25Cl2N. The van der Waals surface area contributed by atoms with Gasteiger partial charge in [-0.2, -0.15) is 0 Å². The van der Waals surface area contributed by atoms with Crippen molar-refractivity contribution in [3.05, 3.63) is 34.9 Å². The predicted octanol–water partition coefficient (Wildman–Crippen LogP) is 4.84. The van der Waals surface area contributed by atoms with Gasteiger partial charge >= 0.3 is 0 Å². The van der Waals surface area contributed by atoms with E-state index in [2.05, 4.69) is 37.2 Å². The minimum absolute atomic E-state index is 0. The number of halogens is 2. The zero-order valence-corrected chi connectivity index (χ0v) is 14.0. The van der Waals surface area contributed by atoms with E-state index in [1.54, 1.807) is 0 Å². The van der Waals surface area contributed by atoms with Crippen LogP contribution in [0, 0.1) is 17.8 Å². The highest BCUT2D eigenvalue weighted by atomic mass is 35.5. The molecule has 0 spiro atoms. The van der Waals surface area contributed by atoms with Crippen LogP contribution in [0.3, 0.4) is 0 Å². The van der Waals surface area contributed by atoms with E-state index < -0.39 is 0 Å². The maximum Gasteiger partial charge on any atom is 0.0441 e. The number of fused-ring (bicyclic) bond motifs is 3. The van der Waals surface area contributed by atoms with Crippen LogP contribution in [-0.4, -0.2) is 25.5 Å². The summed E-state index contributed by atoms with van der Waals surface area (Å²) in [7, 11) is 4.40. The SMILES string of the molecule is CN(C)C[C@@H]1C2CCC(CC2)[C@@H]1c1ccccc1Cl.Cl. The van der Waals surface area contributed by atoms with Crippen molar-refractivity contribution in [1.29, 1.82) is 0 Å². The fraction of sp³-hybridized carbons (Fsp3) is 0.647. The van der Waals surface area contributed by atoms with Gasteiger partial charge in [0.25, 0.3) is 0 Å². The van der Waals surface area contributed by atoms with Gasteiger partial charge in [-0.05, 0) is 75.1 Å². The number of hydrogen-bond donors (Lipinski definition) is 0. The van der Waals surface area contributed by atoms with Gasteiger partial charge in [0.2, 0.25) is 0 Å². The molecule has 1 aromatic rings. The summed E-state index contributed by atoms with van der Waals surface area (Å²) in [5, 5.41) is 0.976. The Kier molecular flexibility index (Phi) is 5.39. The van der Waals surface area contributed by atoms with Crippen molar-refractivity contribution in [2.75, 3.05) is 20.6 Å². The molecule has 0 unspecified atom stereocenters. The Morgan fingerprint density at radius 1 is 1.05 bits per heavy atom. The summed E-state index contributed by atoms with van der Waals surface area (Å²) in [6, 6.07) is 8.52. The molecule has 4 rings (SSSR count). The Bertz CT molecular complexity index is 438. The van der Waals surface area contributed by atoms with E-state index in [0.717, 1.165) is 22.8 Å². The molecular weight excluding hydrogens is 289 g/mol. The van der Waals surface area contributed by atoms with Crippen LogP contribution in [0.15, 0.2) is 24.3 Å². The van der Waals surface area contributed by atoms with E-state index in [9.17, 15) is 0 Å². The second-order valence-electron chi connectivity index (χ2n) is 6.65. The average Bonchev–Trinajstić information content (AvgIpc) is 2.40. The van der Waals surface area contributed by atoms with Crippen molar-refractivity contribution in [1.82, 2.24) is 4.90 Å². The molecule has 112 valence electrons. The molecule has 0 heterocycles. The van der Waals surface area contributed by atoms with Gasteiger partial charge in [0.15, 0.2) is 0 Å². The van der Waals surface area contributed by atoms with Gasteiger partial charge < -0.3 is 4.90 Å². The van der Waals surface area contributed by atoms with Crippen LogP contribution in [0.5, 0.6) is 0 Å². The Balaban J connectivity index is 0.00000147. The first-order valence-corrected chi connectivity index (χ1v) is 7.93. The molecule has 3 heteroatoms. The lowest BCUT2D eigenvalue weighted by molar-refractivity contribution is 0.0507. The molecule has 3 aliphatic carbocycles. The summed E-state index contributed by atoms with van der Waals surface area (Å²) in [5.41, 5.74) is 1.41. The zero-order valence-electron chi connectivity index (χ0n) is 12.4. The highest BCUT2D eigenvalue weighted by molar-refractivity contribution is 6.31. The van der Waals surface area contributed by atoms with Gasteiger partial charge in [-0.25, -0.2) is 0 Å². The third-order valence-corrected chi connectivity index (χ3v) is 5.58. The van der Waals surface area contributed by atoms with Crippen LogP contribution >= 0.6 is 24.0 Å². The Hall–Kier alpha value is -0.240. The Labute approximate surface area is 134 Å². The van der Waals surface area contributed by atoms with Crippen molar-refractivity contribution >= 4 is 24.0 Å². The van der Waals surface area contributed by atoms with E-state index in [0.29, 0.717) is 5.92 Å². The maximum absolute atomic E-state index is 6.48. The summed E-state index contributed by atoms with van der Waals surface area (Å²) in [6.45, 7) is 1.21. The highest BCUT2D eigenvalue weighted by Crippen LogP contribution is 2.54. The number of benzene rings is 1. The second-order valence-corrected chi connectivity index (χ2v) is 7.06. The van der Waals surface area contributed by atoms with Crippen molar-refractivity contribution in [2.24, 2.45) is 17.8 Å². The van der Waals surface area contributed by atoms with Crippen LogP contribution < -0.4 is 0 Å². The third-order valence-electron chi connectivity index (χ3n) is 5.23. The van der Waals surface area contributed by atoms with Gasteiger partial charge in [0.05, 0.1) is 0 Å². The minimum atomic E-state index is 0. The smallest absolute Gasteiger partial charge is 0.0441 e. The van der Waals surface area contributed by atoms with Gasteiger partial charge in [-0.1, -0.05) is 29.8 Å². The maximum atomic E-state index is 6.48. The molecule has 2 atom stereocenters. The summed E-state index contributed by atoms with van der Waals surface area (Å²) >= 11 is 6.48. The van der Waals surface area contributed by atoms with Crippen LogP contribution in [0.1, 0.15) is 37.2 Å². The third kappa shape index (κ3) is 3.00. The minimum Gasteiger partial charge on any atom is -0.309 e. The first-order chi connectivity index (χ1) is 9.16. The van der Waals surface area contributed by atoms with E-state index in [4.69, 9.17) is 11.6 Å². The van der Waals surface area contributed by atoms with Crippen LogP contribution in [0.4, 0.5) is 0 Å². The van der Waals surface area contributed by atoms with Gasteiger partial charge in [-0.15, -0.1) is 12.4 Å². The summed E-state index contributed by atoms with van der Waals surface area (Å²) in [5.74, 6) is 3.24. The molecule has 3 fully saturated rings. The first kappa shape index (κ1) is 16.1. The van der Waals surface area contributed by atoms with Gasteiger partial charge in [0.1, 0.15) is 0 Å².